The van der Waals surface area contributed by atoms with E-state index in [2.05, 4.69) is 0 Å². The van der Waals surface area contributed by atoms with Gasteiger partial charge in [-0.2, -0.15) is 0 Å². The van der Waals surface area contributed by atoms with Crippen LogP contribution in [0.5, 0.6) is 11.5 Å². The lowest BCUT2D eigenvalue weighted by atomic mass is 10.0. The molecule has 0 heterocycles. The molecule has 1 aromatic rings. The van der Waals surface area contributed by atoms with Gasteiger partial charge in [0, 0.05) is 6.04 Å². The minimum atomic E-state index is -0.946. The lowest BCUT2D eigenvalue weighted by molar-refractivity contribution is -0.145. The molecule has 2 atom stereocenters. The van der Waals surface area contributed by atoms with E-state index >= 15 is 0 Å². The molecule has 0 spiro atoms. The van der Waals surface area contributed by atoms with Gasteiger partial charge in [0.1, 0.15) is 11.5 Å². The second-order valence-electron chi connectivity index (χ2n) is 5.08. The number of aliphatic carboxylic acids is 1. The number of carbonyl (C=O) groups is 1. The Morgan fingerprint density at radius 3 is 2.62 bits per heavy atom. The first-order chi connectivity index (χ1) is 10.0. The fraction of sp³-hybridized carbons (Fsp3) is 0.562. The number of nitrogens with two attached hydrogens (primary N) is 1. The molecule has 5 nitrogen and oxygen atoms in total. The zero-order valence-corrected chi connectivity index (χ0v) is 13.0. The molecule has 1 rings (SSSR count). The molecule has 1 aromatic carbocycles. The molecule has 0 aromatic heterocycles. The zero-order valence-electron chi connectivity index (χ0n) is 13.0. The first-order valence-electron chi connectivity index (χ1n) is 7.33. The van der Waals surface area contributed by atoms with Crippen LogP contribution in [0.15, 0.2) is 18.2 Å². The predicted molar refractivity (Wildman–Crippen MR) is 81.9 cm³/mol. The SMILES string of the molecule is CCCC(Oc1ccc(OC)cc1CC(N)CC)C(=O)O. The minimum Gasteiger partial charge on any atom is -0.497 e. The number of carboxylic acids is 1. The number of rotatable bonds is 9. The summed E-state index contributed by atoms with van der Waals surface area (Å²) in [5.41, 5.74) is 6.88. The number of benzene rings is 1. The fourth-order valence-electron chi connectivity index (χ4n) is 2.03. The Morgan fingerprint density at radius 1 is 1.38 bits per heavy atom. The molecule has 0 bridgehead atoms. The van der Waals surface area contributed by atoms with E-state index in [9.17, 15) is 9.90 Å². The number of hydrogen-bond acceptors (Lipinski definition) is 4. The average molecular weight is 295 g/mol. The van der Waals surface area contributed by atoms with Gasteiger partial charge in [0.25, 0.3) is 0 Å². The summed E-state index contributed by atoms with van der Waals surface area (Å²) < 4.78 is 10.9. The number of ether oxygens (including phenoxy) is 2. The maximum absolute atomic E-state index is 11.2. The van der Waals surface area contributed by atoms with Gasteiger partial charge in [0.15, 0.2) is 6.10 Å². The third-order valence-corrected chi connectivity index (χ3v) is 3.37. The molecule has 0 aliphatic heterocycles. The second-order valence-corrected chi connectivity index (χ2v) is 5.08. The molecule has 21 heavy (non-hydrogen) atoms. The maximum Gasteiger partial charge on any atom is 0.344 e. The first-order valence-corrected chi connectivity index (χ1v) is 7.33. The van der Waals surface area contributed by atoms with Crippen LogP contribution < -0.4 is 15.2 Å². The summed E-state index contributed by atoms with van der Waals surface area (Å²) in [6.07, 6.45) is 1.85. The molecule has 0 saturated heterocycles. The van der Waals surface area contributed by atoms with Crippen molar-refractivity contribution in [2.75, 3.05) is 7.11 Å². The Labute approximate surface area is 126 Å². The monoisotopic (exact) mass is 295 g/mol. The van der Waals surface area contributed by atoms with Crippen LogP contribution in [0.25, 0.3) is 0 Å². The molecule has 0 radical (unpaired) electrons. The highest BCUT2D eigenvalue weighted by molar-refractivity contribution is 5.72. The molecule has 118 valence electrons. The Hall–Kier alpha value is -1.75. The molecule has 0 fully saturated rings. The van der Waals surface area contributed by atoms with Crippen LogP contribution >= 0.6 is 0 Å². The highest BCUT2D eigenvalue weighted by atomic mass is 16.5. The molecule has 0 aliphatic carbocycles. The second kappa shape index (κ2) is 8.52. The standard InChI is InChI=1S/C16H25NO4/c1-4-6-15(16(18)19)21-14-8-7-13(20-3)10-11(14)9-12(17)5-2/h7-8,10,12,15H,4-6,9,17H2,1-3H3,(H,18,19). The Bertz CT molecular complexity index is 462. The zero-order chi connectivity index (χ0) is 15.8. The summed E-state index contributed by atoms with van der Waals surface area (Å²) in [6, 6.07) is 5.38. The normalized spacial score (nSPS) is 13.5. The topological polar surface area (TPSA) is 81.8 Å². The quantitative estimate of drug-likeness (QED) is 0.732. The smallest absolute Gasteiger partial charge is 0.344 e. The van der Waals surface area contributed by atoms with Crippen molar-refractivity contribution in [1.82, 2.24) is 0 Å². The van der Waals surface area contributed by atoms with Gasteiger partial charge in [0.2, 0.25) is 0 Å². The molecule has 2 unspecified atom stereocenters. The molecule has 0 saturated carbocycles. The van der Waals surface area contributed by atoms with Crippen LogP contribution in [0.3, 0.4) is 0 Å². The number of hydrogen-bond donors (Lipinski definition) is 2. The van der Waals surface area contributed by atoms with Crippen molar-refractivity contribution >= 4 is 5.97 Å². The van der Waals surface area contributed by atoms with Crippen LogP contribution in [0.2, 0.25) is 0 Å². The van der Waals surface area contributed by atoms with E-state index in [-0.39, 0.29) is 6.04 Å². The van der Waals surface area contributed by atoms with Crippen LogP contribution in [0.4, 0.5) is 0 Å². The summed E-state index contributed by atoms with van der Waals surface area (Å²) in [5, 5.41) is 9.21. The van der Waals surface area contributed by atoms with Crippen LogP contribution in [-0.4, -0.2) is 30.3 Å². The lowest BCUT2D eigenvalue weighted by Gasteiger charge is -2.19. The molecule has 0 amide bonds. The maximum atomic E-state index is 11.2. The first kappa shape index (κ1) is 17.3. The highest BCUT2D eigenvalue weighted by Gasteiger charge is 2.20. The summed E-state index contributed by atoms with van der Waals surface area (Å²) in [7, 11) is 1.59. The van der Waals surface area contributed by atoms with E-state index < -0.39 is 12.1 Å². The van der Waals surface area contributed by atoms with Gasteiger partial charge >= 0.3 is 5.97 Å². The van der Waals surface area contributed by atoms with Crippen molar-refractivity contribution in [3.05, 3.63) is 23.8 Å². The molecule has 0 aliphatic rings. The van der Waals surface area contributed by atoms with E-state index in [4.69, 9.17) is 15.2 Å². The minimum absolute atomic E-state index is 0.00825. The van der Waals surface area contributed by atoms with Crippen molar-refractivity contribution in [3.8, 4) is 11.5 Å². The van der Waals surface area contributed by atoms with E-state index in [1.165, 1.54) is 0 Å². The Morgan fingerprint density at radius 2 is 2.10 bits per heavy atom. The Kier molecular flexibility index (Phi) is 7.02. The third-order valence-electron chi connectivity index (χ3n) is 3.37. The summed E-state index contributed by atoms with van der Waals surface area (Å²) in [6.45, 7) is 3.95. The summed E-state index contributed by atoms with van der Waals surface area (Å²) in [4.78, 5) is 11.2. The predicted octanol–water partition coefficient (Wildman–Crippen LogP) is 2.61. The van der Waals surface area contributed by atoms with Crippen LogP contribution in [0.1, 0.15) is 38.7 Å². The van der Waals surface area contributed by atoms with Gasteiger partial charge in [-0.1, -0.05) is 20.3 Å². The molecule has 5 heteroatoms. The van der Waals surface area contributed by atoms with Crippen molar-refractivity contribution in [3.63, 3.8) is 0 Å². The van der Waals surface area contributed by atoms with Crippen LogP contribution in [0, 0.1) is 0 Å². The molecular weight excluding hydrogens is 270 g/mol. The average Bonchev–Trinajstić information content (AvgIpc) is 2.47. The van der Waals surface area contributed by atoms with E-state index in [0.29, 0.717) is 24.3 Å². The van der Waals surface area contributed by atoms with E-state index in [0.717, 1.165) is 18.4 Å². The van der Waals surface area contributed by atoms with Crippen molar-refractivity contribution in [2.24, 2.45) is 5.73 Å². The van der Waals surface area contributed by atoms with Crippen molar-refractivity contribution in [1.29, 1.82) is 0 Å². The van der Waals surface area contributed by atoms with Gasteiger partial charge in [-0.25, -0.2) is 4.79 Å². The summed E-state index contributed by atoms with van der Waals surface area (Å²) in [5.74, 6) is 0.335. The van der Waals surface area contributed by atoms with Gasteiger partial charge in [-0.3, -0.25) is 0 Å². The number of methoxy groups -OCH3 is 1. The Balaban J connectivity index is 3.00. The van der Waals surface area contributed by atoms with Crippen LogP contribution in [-0.2, 0) is 11.2 Å². The van der Waals surface area contributed by atoms with E-state index in [1.807, 2.05) is 19.9 Å². The lowest BCUT2D eigenvalue weighted by Crippen LogP contribution is -2.28. The van der Waals surface area contributed by atoms with Gasteiger partial charge in [0.05, 0.1) is 7.11 Å². The molecular formula is C16H25NO4. The van der Waals surface area contributed by atoms with Crippen molar-refractivity contribution in [2.45, 2.75) is 51.7 Å². The van der Waals surface area contributed by atoms with Crippen molar-refractivity contribution < 1.29 is 19.4 Å². The largest absolute Gasteiger partial charge is 0.497 e. The third kappa shape index (κ3) is 5.27. The molecule has 3 N–H and O–H groups in total. The van der Waals surface area contributed by atoms with Gasteiger partial charge in [-0.05, 0) is 43.0 Å². The fourth-order valence-corrected chi connectivity index (χ4v) is 2.03. The van der Waals surface area contributed by atoms with Gasteiger partial charge in [-0.15, -0.1) is 0 Å². The summed E-state index contributed by atoms with van der Waals surface area (Å²) >= 11 is 0. The number of carboxylic acid groups (broad SMARTS) is 1. The highest BCUT2D eigenvalue weighted by Crippen LogP contribution is 2.27. The van der Waals surface area contributed by atoms with E-state index in [1.54, 1.807) is 19.2 Å². The van der Waals surface area contributed by atoms with Gasteiger partial charge < -0.3 is 20.3 Å².